The third-order valence-corrected chi connectivity index (χ3v) is 5.02. The maximum Gasteiger partial charge on any atom is 0.0689 e. The zero-order valence-electron chi connectivity index (χ0n) is 15.2. The molecule has 0 aromatic heterocycles. The highest BCUT2D eigenvalue weighted by Crippen LogP contribution is 2.23. The molecule has 0 rings (SSSR count). The van der Waals surface area contributed by atoms with Crippen molar-refractivity contribution in [1.29, 1.82) is 0 Å². The molecule has 0 spiro atoms. The minimum absolute atomic E-state index is 0.221. The molecule has 0 saturated heterocycles. The van der Waals surface area contributed by atoms with Gasteiger partial charge >= 0.3 is 0 Å². The average Bonchev–Trinajstić information content (AvgIpc) is 2.55. The summed E-state index contributed by atoms with van der Waals surface area (Å²) < 4.78 is 17.9. The normalized spacial score (nSPS) is 15.2. The van der Waals surface area contributed by atoms with Crippen molar-refractivity contribution in [1.82, 2.24) is 0 Å². The van der Waals surface area contributed by atoms with E-state index in [1.165, 1.54) is 0 Å². The molecule has 134 valence electrons. The maximum atomic E-state index is 12.4. The van der Waals surface area contributed by atoms with Crippen molar-refractivity contribution in [3.8, 4) is 0 Å². The number of ether oxygens (including phenoxy) is 1. The van der Waals surface area contributed by atoms with Crippen LogP contribution in [0.15, 0.2) is 70.7 Å². The number of halogens is 1. The molecular weight excluding hydrogens is 340 g/mol. The van der Waals surface area contributed by atoms with Gasteiger partial charge in [0.05, 0.1) is 23.2 Å². The third kappa shape index (κ3) is 9.21. The molecular formula is C20H29ClO2S. The average molecular weight is 369 g/mol. The van der Waals surface area contributed by atoms with Gasteiger partial charge in [-0.05, 0) is 37.0 Å². The van der Waals surface area contributed by atoms with Crippen LogP contribution in [-0.4, -0.2) is 23.2 Å². The Bertz CT molecular complexity index is 566. The van der Waals surface area contributed by atoms with Crippen LogP contribution < -0.4 is 0 Å². The van der Waals surface area contributed by atoms with E-state index in [9.17, 15) is 4.21 Å². The molecule has 4 heteroatoms. The molecule has 0 amide bonds. The first-order chi connectivity index (χ1) is 11.4. The number of rotatable bonds is 11. The first-order valence-electron chi connectivity index (χ1n) is 8.03. The molecule has 0 saturated carbocycles. The second-order valence-corrected chi connectivity index (χ2v) is 7.36. The monoisotopic (exact) mass is 368 g/mol. The van der Waals surface area contributed by atoms with Crippen molar-refractivity contribution in [2.24, 2.45) is 5.92 Å². The van der Waals surface area contributed by atoms with Crippen LogP contribution in [0.2, 0.25) is 0 Å². The highest BCUT2D eigenvalue weighted by atomic mass is 35.5. The molecule has 0 aliphatic heterocycles. The molecule has 0 aromatic rings. The quantitative estimate of drug-likeness (QED) is 0.438. The molecule has 0 heterocycles. The van der Waals surface area contributed by atoms with E-state index in [0.717, 1.165) is 16.2 Å². The van der Waals surface area contributed by atoms with Gasteiger partial charge in [0.25, 0.3) is 0 Å². The van der Waals surface area contributed by atoms with Crippen molar-refractivity contribution in [3.05, 3.63) is 70.7 Å². The van der Waals surface area contributed by atoms with Crippen molar-refractivity contribution >= 4 is 22.4 Å². The molecule has 0 N–H and O–H groups in total. The highest BCUT2D eigenvalue weighted by Gasteiger charge is 2.10. The molecule has 1 unspecified atom stereocenters. The molecule has 0 radical (unpaired) electrons. The maximum absolute atomic E-state index is 12.4. The van der Waals surface area contributed by atoms with Gasteiger partial charge in [-0.25, -0.2) is 0 Å². The Kier molecular flexibility index (Phi) is 12.5. The summed E-state index contributed by atoms with van der Waals surface area (Å²) in [7, 11) is -1.21. The van der Waals surface area contributed by atoms with Gasteiger partial charge in [0.2, 0.25) is 0 Å². The Hall–Kier alpha value is -1.16. The molecule has 0 aromatic carbocycles. The fourth-order valence-corrected chi connectivity index (χ4v) is 2.84. The Morgan fingerprint density at radius 3 is 2.50 bits per heavy atom. The zero-order valence-corrected chi connectivity index (χ0v) is 16.8. The summed E-state index contributed by atoms with van der Waals surface area (Å²) in [6.45, 7) is 16.4. The van der Waals surface area contributed by atoms with E-state index < -0.39 is 10.8 Å². The van der Waals surface area contributed by atoms with Crippen LogP contribution in [0.5, 0.6) is 0 Å². The van der Waals surface area contributed by atoms with Crippen LogP contribution in [0, 0.1) is 5.92 Å². The van der Waals surface area contributed by atoms with Crippen molar-refractivity contribution in [2.45, 2.75) is 27.7 Å². The van der Waals surface area contributed by atoms with Crippen LogP contribution >= 0.6 is 11.6 Å². The molecule has 0 bridgehead atoms. The highest BCUT2D eigenvalue weighted by molar-refractivity contribution is 7.89. The van der Waals surface area contributed by atoms with Crippen molar-refractivity contribution in [3.63, 3.8) is 0 Å². The largest absolute Gasteiger partial charge is 0.377 e. The lowest BCUT2D eigenvalue weighted by atomic mass is 10.1. The van der Waals surface area contributed by atoms with Crippen molar-refractivity contribution < 1.29 is 8.95 Å². The number of allylic oxidation sites excluding steroid dienone is 8. The van der Waals surface area contributed by atoms with E-state index in [1.807, 2.05) is 45.9 Å². The van der Waals surface area contributed by atoms with Crippen LogP contribution in [0.1, 0.15) is 27.7 Å². The molecule has 2 nitrogen and oxygen atoms in total. The van der Waals surface area contributed by atoms with Crippen LogP contribution in [0.25, 0.3) is 0 Å². The minimum atomic E-state index is -1.21. The molecule has 0 aliphatic carbocycles. The summed E-state index contributed by atoms with van der Waals surface area (Å²) in [5, 5.41) is 0.776. The van der Waals surface area contributed by atoms with E-state index >= 15 is 0 Å². The van der Waals surface area contributed by atoms with Gasteiger partial charge in [0.15, 0.2) is 0 Å². The van der Waals surface area contributed by atoms with Gasteiger partial charge in [-0.2, -0.15) is 0 Å². The standard InChI is InChI=1S/C20H29ClO2S/c1-7-10-12-17(6)24(22)15-18(14-23-9-3)13-19(11-8-2)20(21)16(4)5/h7-8,10-13,16H,1,6,9,14-15H2,2-5H3/b11-8-,12-10-,18-13-,20-19-. The summed E-state index contributed by atoms with van der Waals surface area (Å²) in [6.07, 6.45) is 11.0. The number of hydrogen-bond acceptors (Lipinski definition) is 2. The fourth-order valence-electron chi connectivity index (χ4n) is 1.80. The van der Waals surface area contributed by atoms with Gasteiger partial charge in [-0.15, -0.1) is 0 Å². The lowest BCUT2D eigenvalue weighted by Crippen LogP contribution is -2.08. The first-order valence-corrected chi connectivity index (χ1v) is 9.72. The van der Waals surface area contributed by atoms with Crippen LogP contribution in [0.4, 0.5) is 0 Å². The van der Waals surface area contributed by atoms with Gasteiger partial charge in [0, 0.05) is 16.5 Å². The summed E-state index contributed by atoms with van der Waals surface area (Å²) in [4.78, 5) is 0.559. The van der Waals surface area contributed by atoms with E-state index in [-0.39, 0.29) is 5.92 Å². The Balaban J connectivity index is 5.54. The van der Waals surface area contributed by atoms with Gasteiger partial charge in [0.1, 0.15) is 0 Å². The van der Waals surface area contributed by atoms with E-state index in [1.54, 1.807) is 18.2 Å². The first kappa shape index (κ1) is 22.8. The Morgan fingerprint density at radius 2 is 2.00 bits per heavy atom. The summed E-state index contributed by atoms with van der Waals surface area (Å²) in [6, 6.07) is 0. The molecule has 0 fully saturated rings. The SMILES string of the molecule is C=C/C=C\C(=C)S(=O)C\C(=C/C(/C=C\C)=C(\Cl)C(C)C)COCC. The van der Waals surface area contributed by atoms with Crippen LogP contribution in [-0.2, 0) is 15.5 Å². The lowest BCUT2D eigenvalue weighted by Gasteiger charge is -2.11. The van der Waals surface area contributed by atoms with E-state index in [4.69, 9.17) is 16.3 Å². The molecule has 1 atom stereocenters. The summed E-state index contributed by atoms with van der Waals surface area (Å²) in [5.74, 6) is 0.586. The lowest BCUT2D eigenvalue weighted by molar-refractivity contribution is 0.171. The summed E-state index contributed by atoms with van der Waals surface area (Å²) in [5.41, 5.74) is 1.85. The van der Waals surface area contributed by atoms with Crippen molar-refractivity contribution in [2.75, 3.05) is 19.0 Å². The predicted octanol–water partition coefficient (Wildman–Crippen LogP) is 5.68. The third-order valence-electron chi connectivity index (χ3n) is 3.01. The Labute approximate surface area is 154 Å². The number of hydrogen-bond donors (Lipinski definition) is 0. The van der Waals surface area contributed by atoms with Gasteiger partial charge < -0.3 is 4.74 Å². The molecule has 0 aliphatic rings. The van der Waals surface area contributed by atoms with Crippen LogP contribution in [0.3, 0.4) is 0 Å². The van der Waals surface area contributed by atoms with Gasteiger partial charge in [-0.1, -0.05) is 69.0 Å². The Morgan fingerprint density at radius 1 is 1.33 bits per heavy atom. The van der Waals surface area contributed by atoms with E-state index in [0.29, 0.717) is 23.9 Å². The van der Waals surface area contributed by atoms with Gasteiger partial charge in [-0.3, -0.25) is 4.21 Å². The van der Waals surface area contributed by atoms with E-state index in [2.05, 4.69) is 13.2 Å². The topological polar surface area (TPSA) is 26.3 Å². The second-order valence-electron chi connectivity index (χ2n) is 5.45. The second kappa shape index (κ2) is 13.2. The zero-order chi connectivity index (χ0) is 18.5. The minimum Gasteiger partial charge on any atom is -0.377 e. The molecule has 24 heavy (non-hydrogen) atoms. The predicted molar refractivity (Wildman–Crippen MR) is 109 cm³/mol. The smallest absolute Gasteiger partial charge is 0.0689 e. The summed E-state index contributed by atoms with van der Waals surface area (Å²) >= 11 is 6.43. The fraction of sp³-hybridized carbons (Fsp3) is 0.400.